The number of hydrogen-bond acceptors (Lipinski definition) is 2. The number of carbonyl (C=O) groups excluding carboxylic acids is 1. The molecule has 1 aromatic rings. The Morgan fingerprint density at radius 2 is 2.35 bits per heavy atom. The number of nitrogens with one attached hydrogen (secondary N) is 2. The van der Waals surface area contributed by atoms with E-state index >= 15 is 0 Å². The van der Waals surface area contributed by atoms with Gasteiger partial charge in [-0.3, -0.25) is 0 Å². The maximum Gasteiger partial charge on any atom is 0.317 e. The number of halogens is 1. The first-order valence-corrected chi connectivity index (χ1v) is 5.70. The minimum absolute atomic E-state index is 0.0252. The molecule has 1 heterocycles. The van der Waals surface area contributed by atoms with E-state index in [1.54, 1.807) is 17.9 Å². The van der Waals surface area contributed by atoms with Crippen molar-refractivity contribution in [2.75, 3.05) is 31.5 Å². The summed E-state index contributed by atoms with van der Waals surface area (Å²) in [7, 11) is 0. The first-order valence-electron chi connectivity index (χ1n) is 5.70. The van der Waals surface area contributed by atoms with Gasteiger partial charge >= 0.3 is 6.03 Å². The fraction of sp³-hybridized carbons (Fsp3) is 0.417. The molecule has 1 aliphatic rings. The summed E-state index contributed by atoms with van der Waals surface area (Å²) in [5.74, 6) is -0.214. The van der Waals surface area contributed by atoms with Gasteiger partial charge in [0, 0.05) is 37.4 Å². The Morgan fingerprint density at radius 3 is 3.06 bits per heavy atom. The fourth-order valence-corrected chi connectivity index (χ4v) is 1.85. The van der Waals surface area contributed by atoms with Crippen molar-refractivity contribution in [3.8, 4) is 0 Å². The van der Waals surface area contributed by atoms with Gasteiger partial charge in [-0.25, -0.2) is 9.18 Å². The van der Waals surface area contributed by atoms with Crippen molar-refractivity contribution < 1.29 is 9.18 Å². The van der Waals surface area contributed by atoms with Crippen molar-refractivity contribution in [3.05, 3.63) is 29.6 Å². The van der Waals surface area contributed by atoms with Crippen LogP contribution in [0.4, 0.5) is 14.9 Å². The minimum atomic E-state index is -0.214. The van der Waals surface area contributed by atoms with Gasteiger partial charge in [-0.1, -0.05) is 6.07 Å². The molecule has 2 N–H and O–H groups in total. The zero-order chi connectivity index (χ0) is 12.3. The SMILES string of the molecule is Cc1c(F)cccc1NCCN1CCNC1=O. The molecule has 92 valence electrons. The lowest BCUT2D eigenvalue weighted by molar-refractivity contribution is 0.219. The summed E-state index contributed by atoms with van der Waals surface area (Å²) in [5, 5.41) is 5.88. The molecule has 1 aliphatic heterocycles. The Balaban J connectivity index is 1.86. The van der Waals surface area contributed by atoms with Crippen LogP contribution in [0.2, 0.25) is 0 Å². The Kier molecular flexibility index (Phi) is 3.46. The highest BCUT2D eigenvalue weighted by Crippen LogP contribution is 2.16. The number of rotatable bonds is 4. The highest BCUT2D eigenvalue weighted by molar-refractivity contribution is 5.76. The largest absolute Gasteiger partial charge is 0.383 e. The number of hydrogen-bond donors (Lipinski definition) is 2. The summed E-state index contributed by atoms with van der Waals surface area (Å²) in [5.41, 5.74) is 1.39. The third kappa shape index (κ3) is 2.67. The lowest BCUT2D eigenvalue weighted by Crippen LogP contribution is -2.32. The van der Waals surface area contributed by atoms with Gasteiger partial charge in [0.05, 0.1) is 0 Å². The van der Waals surface area contributed by atoms with Crippen molar-refractivity contribution in [2.45, 2.75) is 6.92 Å². The van der Waals surface area contributed by atoms with Crippen LogP contribution in [-0.4, -0.2) is 37.1 Å². The van der Waals surface area contributed by atoms with Crippen LogP contribution in [0.5, 0.6) is 0 Å². The Labute approximate surface area is 99.8 Å². The van der Waals surface area contributed by atoms with Gasteiger partial charge in [-0.2, -0.15) is 0 Å². The Hall–Kier alpha value is -1.78. The lowest BCUT2D eigenvalue weighted by Gasteiger charge is -2.16. The van der Waals surface area contributed by atoms with Crippen LogP contribution in [0, 0.1) is 12.7 Å². The zero-order valence-electron chi connectivity index (χ0n) is 9.79. The quantitative estimate of drug-likeness (QED) is 0.835. The predicted octanol–water partition coefficient (Wildman–Crippen LogP) is 1.57. The second kappa shape index (κ2) is 5.03. The summed E-state index contributed by atoms with van der Waals surface area (Å²) < 4.78 is 13.3. The van der Waals surface area contributed by atoms with E-state index in [9.17, 15) is 9.18 Å². The molecule has 1 fully saturated rings. The number of urea groups is 1. The molecule has 0 unspecified atom stereocenters. The Bertz CT molecular complexity index is 422. The van der Waals surface area contributed by atoms with Crippen LogP contribution in [0.15, 0.2) is 18.2 Å². The van der Waals surface area contributed by atoms with Gasteiger partial charge in [0.1, 0.15) is 5.82 Å². The first-order chi connectivity index (χ1) is 8.18. The first kappa shape index (κ1) is 11.7. The van der Waals surface area contributed by atoms with E-state index in [1.807, 2.05) is 6.07 Å². The third-order valence-corrected chi connectivity index (χ3v) is 2.91. The molecule has 4 nitrogen and oxygen atoms in total. The van der Waals surface area contributed by atoms with E-state index in [0.29, 0.717) is 25.2 Å². The van der Waals surface area contributed by atoms with Gasteiger partial charge in [0.2, 0.25) is 0 Å². The van der Waals surface area contributed by atoms with Gasteiger partial charge < -0.3 is 15.5 Å². The number of benzene rings is 1. The van der Waals surface area contributed by atoms with E-state index in [0.717, 1.165) is 12.2 Å². The molecule has 5 heteroatoms. The third-order valence-electron chi connectivity index (χ3n) is 2.91. The molecule has 0 bridgehead atoms. The smallest absolute Gasteiger partial charge is 0.317 e. The molecule has 0 saturated carbocycles. The van der Waals surface area contributed by atoms with E-state index in [4.69, 9.17) is 0 Å². The van der Waals surface area contributed by atoms with Gasteiger partial charge in [0.25, 0.3) is 0 Å². The average Bonchev–Trinajstić information content (AvgIpc) is 2.71. The monoisotopic (exact) mass is 237 g/mol. The number of carbonyl (C=O) groups is 1. The second-order valence-electron chi connectivity index (χ2n) is 4.06. The predicted molar refractivity (Wildman–Crippen MR) is 64.6 cm³/mol. The zero-order valence-corrected chi connectivity index (χ0v) is 9.79. The maximum absolute atomic E-state index is 13.3. The van der Waals surface area contributed by atoms with Crippen molar-refractivity contribution in [1.29, 1.82) is 0 Å². The van der Waals surface area contributed by atoms with E-state index in [2.05, 4.69) is 10.6 Å². The van der Waals surface area contributed by atoms with Crippen LogP contribution in [0.1, 0.15) is 5.56 Å². The van der Waals surface area contributed by atoms with Crippen molar-refractivity contribution in [2.24, 2.45) is 0 Å². The number of anilines is 1. The molecule has 0 atom stereocenters. The average molecular weight is 237 g/mol. The molecule has 17 heavy (non-hydrogen) atoms. The van der Waals surface area contributed by atoms with Crippen molar-refractivity contribution in [1.82, 2.24) is 10.2 Å². The molecule has 2 amide bonds. The molecule has 0 aliphatic carbocycles. The van der Waals surface area contributed by atoms with Crippen LogP contribution in [0.25, 0.3) is 0 Å². The van der Waals surface area contributed by atoms with E-state index in [-0.39, 0.29) is 11.8 Å². The maximum atomic E-state index is 13.3. The second-order valence-corrected chi connectivity index (χ2v) is 4.06. The van der Waals surface area contributed by atoms with E-state index in [1.165, 1.54) is 6.07 Å². The number of nitrogens with zero attached hydrogens (tertiary/aromatic N) is 1. The molecule has 0 spiro atoms. The Morgan fingerprint density at radius 1 is 1.53 bits per heavy atom. The highest BCUT2D eigenvalue weighted by Gasteiger charge is 2.18. The van der Waals surface area contributed by atoms with Gasteiger partial charge in [0.15, 0.2) is 0 Å². The van der Waals surface area contributed by atoms with Crippen LogP contribution in [0.3, 0.4) is 0 Å². The van der Waals surface area contributed by atoms with Crippen LogP contribution < -0.4 is 10.6 Å². The molecular formula is C12H16FN3O. The van der Waals surface area contributed by atoms with Crippen molar-refractivity contribution in [3.63, 3.8) is 0 Å². The normalized spacial score (nSPS) is 14.9. The van der Waals surface area contributed by atoms with Crippen molar-refractivity contribution >= 4 is 11.7 Å². The summed E-state index contributed by atoms with van der Waals surface area (Å²) in [6, 6.07) is 4.92. The lowest BCUT2D eigenvalue weighted by atomic mass is 10.2. The summed E-state index contributed by atoms with van der Waals surface area (Å²) >= 11 is 0. The molecule has 0 radical (unpaired) electrons. The van der Waals surface area contributed by atoms with Gasteiger partial charge in [-0.15, -0.1) is 0 Å². The standard InChI is InChI=1S/C12H16FN3O/c1-9-10(13)3-2-4-11(9)14-5-7-16-8-6-15-12(16)17/h2-4,14H,5-8H2,1H3,(H,15,17). The summed E-state index contributed by atoms with van der Waals surface area (Å²) in [4.78, 5) is 13.0. The van der Waals surface area contributed by atoms with Crippen LogP contribution >= 0.6 is 0 Å². The topological polar surface area (TPSA) is 44.4 Å². The summed E-state index contributed by atoms with van der Waals surface area (Å²) in [6.07, 6.45) is 0. The number of amides is 2. The fourth-order valence-electron chi connectivity index (χ4n) is 1.85. The van der Waals surface area contributed by atoms with Gasteiger partial charge in [-0.05, 0) is 19.1 Å². The molecule has 2 rings (SSSR count). The minimum Gasteiger partial charge on any atom is -0.383 e. The molecular weight excluding hydrogens is 221 g/mol. The summed E-state index contributed by atoms with van der Waals surface area (Å²) in [6.45, 7) is 4.43. The van der Waals surface area contributed by atoms with E-state index < -0.39 is 0 Å². The molecule has 1 saturated heterocycles. The highest BCUT2D eigenvalue weighted by atomic mass is 19.1. The molecule has 0 aromatic heterocycles. The molecule has 1 aromatic carbocycles. The van der Waals surface area contributed by atoms with Crippen LogP contribution in [-0.2, 0) is 0 Å².